The third-order valence-electron chi connectivity index (χ3n) is 4.20. The molecule has 1 fully saturated rings. The number of hydrogen-bond acceptors (Lipinski definition) is 3. The standard InChI is InChI=1S/C17H21ClN4O/c18-14-2-1-3-15(12-14)22-16(8-11-20-22)21-17(23)5-4-13-6-9-19-10-7-13/h1-3,8,11-13,19H,4-7,9-10H2,(H,21,23). The van der Waals surface area contributed by atoms with Crippen LogP contribution in [0.3, 0.4) is 0 Å². The predicted octanol–water partition coefficient (Wildman–Crippen LogP) is 3.24. The molecule has 0 aliphatic carbocycles. The van der Waals surface area contributed by atoms with Crippen LogP contribution in [-0.4, -0.2) is 28.8 Å². The highest BCUT2D eigenvalue weighted by molar-refractivity contribution is 6.30. The molecule has 3 rings (SSSR count). The summed E-state index contributed by atoms with van der Waals surface area (Å²) in [7, 11) is 0. The number of hydrogen-bond donors (Lipinski definition) is 2. The maximum Gasteiger partial charge on any atom is 0.225 e. The van der Waals surface area contributed by atoms with Gasteiger partial charge in [0.05, 0.1) is 11.9 Å². The van der Waals surface area contributed by atoms with Crippen molar-refractivity contribution in [2.24, 2.45) is 5.92 Å². The van der Waals surface area contributed by atoms with Crippen molar-refractivity contribution in [3.8, 4) is 5.69 Å². The summed E-state index contributed by atoms with van der Waals surface area (Å²) in [6.45, 7) is 2.13. The van der Waals surface area contributed by atoms with E-state index in [0.29, 0.717) is 23.2 Å². The maximum atomic E-state index is 12.2. The van der Waals surface area contributed by atoms with Crippen LogP contribution in [0.1, 0.15) is 25.7 Å². The lowest BCUT2D eigenvalue weighted by Crippen LogP contribution is -2.28. The molecule has 0 spiro atoms. The number of amides is 1. The SMILES string of the molecule is O=C(CCC1CCNCC1)Nc1ccnn1-c1cccc(Cl)c1. The molecule has 0 atom stereocenters. The van der Waals surface area contributed by atoms with E-state index in [1.54, 1.807) is 16.9 Å². The van der Waals surface area contributed by atoms with Crippen LogP contribution in [0.4, 0.5) is 5.82 Å². The van der Waals surface area contributed by atoms with Gasteiger partial charge in [-0.3, -0.25) is 4.79 Å². The fraction of sp³-hybridized carbons (Fsp3) is 0.412. The van der Waals surface area contributed by atoms with E-state index >= 15 is 0 Å². The quantitative estimate of drug-likeness (QED) is 0.883. The molecule has 1 aromatic carbocycles. The van der Waals surface area contributed by atoms with E-state index in [2.05, 4.69) is 15.7 Å². The minimum atomic E-state index is 0.0345. The van der Waals surface area contributed by atoms with E-state index in [0.717, 1.165) is 38.0 Å². The van der Waals surface area contributed by atoms with E-state index in [1.165, 1.54) is 0 Å². The van der Waals surface area contributed by atoms with Gasteiger partial charge < -0.3 is 10.6 Å². The number of anilines is 1. The fourth-order valence-corrected chi connectivity index (χ4v) is 3.11. The van der Waals surface area contributed by atoms with Crippen LogP contribution in [0, 0.1) is 5.92 Å². The van der Waals surface area contributed by atoms with E-state index < -0.39 is 0 Å². The van der Waals surface area contributed by atoms with Crippen LogP contribution in [0.25, 0.3) is 5.69 Å². The number of aromatic nitrogens is 2. The van der Waals surface area contributed by atoms with Crippen molar-refractivity contribution >= 4 is 23.3 Å². The van der Waals surface area contributed by atoms with Gasteiger partial charge in [0.25, 0.3) is 0 Å². The molecule has 1 saturated heterocycles. The monoisotopic (exact) mass is 332 g/mol. The first-order valence-electron chi connectivity index (χ1n) is 8.03. The van der Waals surface area contributed by atoms with Gasteiger partial charge in [-0.05, 0) is 56.5 Å². The number of carbonyl (C=O) groups excluding carboxylic acids is 1. The largest absolute Gasteiger partial charge is 0.317 e. The molecule has 23 heavy (non-hydrogen) atoms. The summed E-state index contributed by atoms with van der Waals surface area (Å²) in [6, 6.07) is 9.19. The summed E-state index contributed by atoms with van der Waals surface area (Å²) in [5, 5.41) is 11.2. The molecule has 2 aromatic rings. The topological polar surface area (TPSA) is 59.0 Å². The number of nitrogens with zero attached hydrogens (tertiary/aromatic N) is 2. The van der Waals surface area contributed by atoms with Gasteiger partial charge in [0.15, 0.2) is 0 Å². The molecule has 1 aliphatic heterocycles. The summed E-state index contributed by atoms with van der Waals surface area (Å²) in [6.07, 6.45) is 5.48. The first kappa shape index (κ1) is 16.0. The van der Waals surface area contributed by atoms with E-state index in [1.807, 2.05) is 24.3 Å². The Bertz CT molecular complexity index is 664. The average Bonchev–Trinajstić information content (AvgIpc) is 3.02. The second-order valence-corrected chi connectivity index (χ2v) is 6.32. The second kappa shape index (κ2) is 7.62. The van der Waals surface area contributed by atoms with Gasteiger partial charge in [-0.25, -0.2) is 4.68 Å². The zero-order valence-electron chi connectivity index (χ0n) is 13.0. The van der Waals surface area contributed by atoms with Crippen molar-refractivity contribution in [3.05, 3.63) is 41.6 Å². The average molecular weight is 333 g/mol. The third kappa shape index (κ3) is 4.33. The Morgan fingerprint density at radius 2 is 2.17 bits per heavy atom. The van der Waals surface area contributed by atoms with Crippen LogP contribution < -0.4 is 10.6 Å². The van der Waals surface area contributed by atoms with Gasteiger partial charge in [-0.15, -0.1) is 0 Å². The van der Waals surface area contributed by atoms with Gasteiger partial charge in [-0.2, -0.15) is 5.10 Å². The highest BCUT2D eigenvalue weighted by atomic mass is 35.5. The predicted molar refractivity (Wildman–Crippen MR) is 92.0 cm³/mol. The van der Waals surface area contributed by atoms with Crippen molar-refractivity contribution in [2.75, 3.05) is 18.4 Å². The Balaban J connectivity index is 1.60. The summed E-state index contributed by atoms with van der Waals surface area (Å²) in [5.41, 5.74) is 0.830. The Morgan fingerprint density at radius 1 is 1.35 bits per heavy atom. The number of rotatable bonds is 5. The van der Waals surface area contributed by atoms with Crippen molar-refractivity contribution in [2.45, 2.75) is 25.7 Å². The van der Waals surface area contributed by atoms with Crippen LogP contribution in [0.15, 0.2) is 36.5 Å². The second-order valence-electron chi connectivity index (χ2n) is 5.89. The lowest BCUT2D eigenvalue weighted by atomic mass is 9.93. The Kier molecular flexibility index (Phi) is 5.31. The van der Waals surface area contributed by atoms with Crippen molar-refractivity contribution in [3.63, 3.8) is 0 Å². The highest BCUT2D eigenvalue weighted by Gasteiger charge is 2.15. The van der Waals surface area contributed by atoms with E-state index in [4.69, 9.17) is 11.6 Å². The minimum Gasteiger partial charge on any atom is -0.317 e. The molecule has 1 aliphatic rings. The molecule has 0 saturated carbocycles. The third-order valence-corrected chi connectivity index (χ3v) is 4.44. The molecule has 122 valence electrons. The number of nitrogens with one attached hydrogen (secondary N) is 2. The lowest BCUT2D eigenvalue weighted by Gasteiger charge is -2.22. The number of benzene rings is 1. The molecule has 6 heteroatoms. The number of halogens is 1. The van der Waals surface area contributed by atoms with Gasteiger partial charge in [0, 0.05) is 17.5 Å². The van der Waals surface area contributed by atoms with Crippen molar-refractivity contribution in [1.29, 1.82) is 0 Å². The molecule has 2 N–H and O–H groups in total. The lowest BCUT2D eigenvalue weighted by molar-refractivity contribution is -0.116. The molecule has 0 bridgehead atoms. The molecular weight excluding hydrogens is 312 g/mol. The molecule has 2 heterocycles. The zero-order valence-corrected chi connectivity index (χ0v) is 13.7. The molecule has 0 radical (unpaired) electrons. The molecule has 0 unspecified atom stereocenters. The van der Waals surface area contributed by atoms with Gasteiger partial charge in [-0.1, -0.05) is 17.7 Å². The Hall–Kier alpha value is -1.85. The Labute approximate surface area is 141 Å². The number of piperidine rings is 1. The zero-order chi connectivity index (χ0) is 16.1. The summed E-state index contributed by atoms with van der Waals surface area (Å²) >= 11 is 6.02. The molecule has 1 aromatic heterocycles. The highest BCUT2D eigenvalue weighted by Crippen LogP contribution is 2.20. The first-order chi connectivity index (χ1) is 11.2. The van der Waals surface area contributed by atoms with Gasteiger partial charge in [0.2, 0.25) is 5.91 Å². The van der Waals surface area contributed by atoms with Crippen LogP contribution >= 0.6 is 11.6 Å². The molecular formula is C17H21ClN4O. The molecule has 5 nitrogen and oxygen atoms in total. The normalized spacial score (nSPS) is 15.5. The summed E-state index contributed by atoms with van der Waals surface area (Å²) in [5.74, 6) is 1.36. The van der Waals surface area contributed by atoms with Crippen LogP contribution in [-0.2, 0) is 4.79 Å². The first-order valence-corrected chi connectivity index (χ1v) is 8.41. The van der Waals surface area contributed by atoms with Crippen molar-refractivity contribution < 1.29 is 4.79 Å². The van der Waals surface area contributed by atoms with E-state index in [9.17, 15) is 4.79 Å². The van der Waals surface area contributed by atoms with Crippen molar-refractivity contribution in [1.82, 2.24) is 15.1 Å². The maximum absolute atomic E-state index is 12.2. The van der Waals surface area contributed by atoms with Gasteiger partial charge in [0.1, 0.15) is 5.82 Å². The summed E-state index contributed by atoms with van der Waals surface area (Å²) < 4.78 is 1.69. The smallest absolute Gasteiger partial charge is 0.225 e. The Morgan fingerprint density at radius 3 is 2.96 bits per heavy atom. The minimum absolute atomic E-state index is 0.0345. The van der Waals surface area contributed by atoms with Crippen LogP contribution in [0.5, 0.6) is 0 Å². The fourth-order valence-electron chi connectivity index (χ4n) is 2.92. The van der Waals surface area contributed by atoms with Crippen LogP contribution in [0.2, 0.25) is 5.02 Å². The summed E-state index contributed by atoms with van der Waals surface area (Å²) in [4.78, 5) is 12.2. The number of carbonyl (C=O) groups is 1. The molecule has 1 amide bonds. The van der Waals surface area contributed by atoms with E-state index in [-0.39, 0.29) is 5.91 Å². The van der Waals surface area contributed by atoms with Gasteiger partial charge >= 0.3 is 0 Å².